The molecule has 1 aromatic heterocycles. The highest BCUT2D eigenvalue weighted by Crippen LogP contribution is 2.17. The molecular formula is C11H21N2+. The molecule has 0 atom stereocenters. The van der Waals surface area contributed by atoms with Crippen molar-refractivity contribution in [1.29, 1.82) is 0 Å². The molecule has 0 amide bonds. The second kappa shape index (κ2) is 3.95. The summed E-state index contributed by atoms with van der Waals surface area (Å²) in [4.78, 5) is 0. The van der Waals surface area contributed by atoms with Crippen LogP contribution in [0.4, 0.5) is 0 Å². The summed E-state index contributed by atoms with van der Waals surface area (Å²) in [6.45, 7) is 11.2. The predicted molar refractivity (Wildman–Crippen MR) is 54.4 cm³/mol. The van der Waals surface area contributed by atoms with Gasteiger partial charge < -0.3 is 0 Å². The van der Waals surface area contributed by atoms with E-state index in [1.165, 1.54) is 6.42 Å². The fourth-order valence-electron chi connectivity index (χ4n) is 1.22. The molecule has 0 spiro atoms. The molecule has 0 saturated heterocycles. The minimum atomic E-state index is 0.432. The average molecular weight is 181 g/mol. The summed E-state index contributed by atoms with van der Waals surface area (Å²) in [5.74, 6) is 0. The third-order valence-corrected chi connectivity index (χ3v) is 2.23. The van der Waals surface area contributed by atoms with Crippen LogP contribution in [0.3, 0.4) is 0 Å². The fourth-order valence-corrected chi connectivity index (χ4v) is 1.22. The van der Waals surface area contributed by atoms with Gasteiger partial charge in [0.1, 0.15) is 12.4 Å². The van der Waals surface area contributed by atoms with Gasteiger partial charge in [-0.1, -0.05) is 20.8 Å². The van der Waals surface area contributed by atoms with Crippen molar-refractivity contribution in [3.05, 3.63) is 18.7 Å². The van der Waals surface area contributed by atoms with Crippen LogP contribution < -0.4 is 4.57 Å². The lowest BCUT2D eigenvalue weighted by molar-refractivity contribution is -0.698. The first-order valence-corrected chi connectivity index (χ1v) is 5.06. The maximum atomic E-state index is 2.28. The number of aromatic nitrogens is 2. The number of nitrogens with zero attached hydrogens (tertiary/aromatic N) is 2. The molecule has 0 aliphatic heterocycles. The first kappa shape index (κ1) is 10.3. The minimum absolute atomic E-state index is 0.432. The number of hydrogen-bond acceptors (Lipinski definition) is 0. The van der Waals surface area contributed by atoms with Gasteiger partial charge in [0, 0.05) is 0 Å². The number of rotatable bonds is 3. The van der Waals surface area contributed by atoms with Gasteiger partial charge in [0.2, 0.25) is 6.33 Å². The molecule has 0 unspecified atom stereocenters. The van der Waals surface area contributed by atoms with Crippen LogP contribution in [0.1, 0.15) is 34.1 Å². The van der Waals surface area contributed by atoms with E-state index in [0.29, 0.717) is 5.41 Å². The molecule has 0 aliphatic rings. The largest absolute Gasteiger partial charge is 0.243 e. The Kier molecular flexibility index (Phi) is 3.12. The summed E-state index contributed by atoms with van der Waals surface area (Å²) < 4.78 is 4.46. The van der Waals surface area contributed by atoms with Crippen molar-refractivity contribution < 1.29 is 4.57 Å². The number of aryl methyl sites for hydroxylation is 2. The van der Waals surface area contributed by atoms with E-state index in [2.05, 4.69) is 55.6 Å². The molecule has 2 nitrogen and oxygen atoms in total. The zero-order valence-corrected chi connectivity index (χ0v) is 9.25. The second-order valence-electron chi connectivity index (χ2n) is 4.79. The highest BCUT2D eigenvalue weighted by atomic mass is 15.1. The smallest absolute Gasteiger partial charge is 0.237 e. The Labute approximate surface area is 81.2 Å². The quantitative estimate of drug-likeness (QED) is 0.632. The van der Waals surface area contributed by atoms with E-state index in [9.17, 15) is 0 Å². The van der Waals surface area contributed by atoms with Gasteiger partial charge in [-0.2, -0.15) is 0 Å². The first-order chi connectivity index (χ1) is 6.01. The highest BCUT2D eigenvalue weighted by Gasteiger charge is 2.12. The molecule has 0 fully saturated rings. The topological polar surface area (TPSA) is 8.81 Å². The molecule has 0 saturated carbocycles. The number of imidazole rings is 1. The van der Waals surface area contributed by atoms with E-state index in [4.69, 9.17) is 0 Å². The Balaban J connectivity index is 2.46. The van der Waals surface area contributed by atoms with Crippen LogP contribution in [0.15, 0.2) is 18.7 Å². The molecule has 1 heterocycles. The Morgan fingerprint density at radius 1 is 1.31 bits per heavy atom. The SMILES string of the molecule is CCn1cc[n+](CCC(C)(C)C)c1. The molecule has 0 aliphatic carbocycles. The maximum Gasteiger partial charge on any atom is 0.243 e. The molecular weight excluding hydrogens is 160 g/mol. The Bertz CT molecular complexity index is 255. The Morgan fingerprint density at radius 2 is 2.00 bits per heavy atom. The molecule has 0 aromatic carbocycles. The summed E-state index contributed by atoms with van der Waals surface area (Å²) in [5.41, 5.74) is 0.432. The van der Waals surface area contributed by atoms with Crippen LogP contribution in [-0.4, -0.2) is 4.57 Å². The lowest BCUT2D eigenvalue weighted by Crippen LogP contribution is -2.33. The van der Waals surface area contributed by atoms with Crippen molar-refractivity contribution in [3.8, 4) is 0 Å². The summed E-state index contributed by atoms with van der Waals surface area (Å²) in [6.07, 6.45) is 7.68. The van der Waals surface area contributed by atoms with Crippen LogP contribution in [0.25, 0.3) is 0 Å². The average Bonchev–Trinajstić information content (AvgIpc) is 2.47. The maximum absolute atomic E-state index is 2.28. The van der Waals surface area contributed by atoms with Gasteiger partial charge in [-0.3, -0.25) is 0 Å². The van der Waals surface area contributed by atoms with Gasteiger partial charge in [0.15, 0.2) is 0 Å². The standard InChI is InChI=1S/C11H21N2/c1-5-12-8-9-13(10-12)7-6-11(2,3)4/h8-10H,5-7H2,1-4H3/q+1. The van der Waals surface area contributed by atoms with Crippen LogP contribution in [0.2, 0.25) is 0 Å². The summed E-state index contributed by atoms with van der Waals surface area (Å²) >= 11 is 0. The van der Waals surface area contributed by atoms with Crippen LogP contribution in [0, 0.1) is 5.41 Å². The van der Waals surface area contributed by atoms with Crippen molar-refractivity contribution in [1.82, 2.24) is 4.57 Å². The summed E-state index contributed by atoms with van der Waals surface area (Å²) in [6, 6.07) is 0. The highest BCUT2D eigenvalue weighted by molar-refractivity contribution is 4.65. The molecule has 0 bridgehead atoms. The molecule has 2 heteroatoms. The van der Waals surface area contributed by atoms with E-state index in [0.717, 1.165) is 13.1 Å². The second-order valence-corrected chi connectivity index (χ2v) is 4.79. The molecule has 1 rings (SSSR count). The van der Waals surface area contributed by atoms with Crippen LogP contribution >= 0.6 is 0 Å². The zero-order chi connectivity index (χ0) is 9.90. The minimum Gasteiger partial charge on any atom is -0.237 e. The van der Waals surface area contributed by atoms with Crippen LogP contribution in [0.5, 0.6) is 0 Å². The van der Waals surface area contributed by atoms with Gasteiger partial charge in [0.05, 0.1) is 13.1 Å². The van der Waals surface area contributed by atoms with Gasteiger partial charge in [0.25, 0.3) is 0 Å². The monoisotopic (exact) mass is 181 g/mol. The first-order valence-electron chi connectivity index (χ1n) is 5.06. The Morgan fingerprint density at radius 3 is 2.46 bits per heavy atom. The summed E-state index contributed by atoms with van der Waals surface area (Å²) in [7, 11) is 0. The number of hydrogen-bond donors (Lipinski definition) is 0. The lowest BCUT2D eigenvalue weighted by Gasteiger charge is -2.15. The Hall–Kier alpha value is -0.790. The van der Waals surface area contributed by atoms with E-state index >= 15 is 0 Å². The van der Waals surface area contributed by atoms with E-state index in [-0.39, 0.29) is 0 Å². The lowest BCUT2D eigenvalue weighted by atomic mass is 9.92. The predicted octanol–water partition coefficient (Wildman–Crippen LogP) is 2.23. The third-order valence-electron chi connectivity index (χ3n) is 2.23. The normalized spacial score (nSPS) is 12.0. The molecule has 74 valence electrons. The fraction of sp³-hybridized carbons (Fsp3) is 0.727. The van der Waals surface area contributed by atoms with Crippen molar-refractivity contribution in [2.75, 3.05) is 0 Å². The van der Waals surface area contributed by atoms with Gasteiger partial charge in [-0.25, -0.2) is 9.13 Å². The zero-order valence-electron chi connectivity index (χ0n) is 9.25. The van der Waals surface area contributed by atoms with Crippen molar-refractivity contribution in [3.63, 3.8) is 0 Å². The van der Waals surface area contributed by atoms with Crippen LogP contribution in [-0.2, 0) is 13.1 Å². The summed E-state index contributed by atoms with van der Waals surface area (Å²) in [5, 5.41) is 0. The van der Waals surface area contributed by atoms with Crippen molar-refractivity contribution >= 4 is 0 Å². The van der Waals surface area contributed by atoms with Crippen molar-refractivity contribution in [2.24, 2.45) is 5.41 Å². The molecule has 0 N–H and O–H groups in total. The molecule has 0 radical (unpaired) electrons. The van der Waals surface area contributed by atoms with E-state index < -0.39 is 0 Å². The molecule has 1 aromatic rings. The van der Waals surface area contributed by atoms with E-state index in [1.54, 1.807) is 0 Å². The van der Waals surface area contributed by atoms with Gasteiger partial charge >= 0.3 is 0 Å². The van der Waals surface area contributed by atoms with Gasteiger partial charge in [-0.15, -0.1) is 0 Å². The van der Waals surface area contributed by atoms with E-state index in [1.807, 2.05) is 0 Å². The van der Waals surface area contributed by atoms with Crippen molar-refractivity contribution in [2.45, 2.75) is 47.2 Å². The third kappa shape index (κ3) is 3.62. The molecule has 13 heavy (non-hydrogen) atoms. The van der Waals surface area contributed by atoms with Gasteiger partial charge in [-0.05, 0) is 18.8 Å².